The maximum atomic E-state index is 12.7. The summed E-state index contributed by atoms with van der Waals surface area (Å²) in [6.45, 7) is 5.02. The first-order valence-corrected chi connectivity index (χ1v) is 7.97. The molecule has 0 aliphatic carbocycles. The Morgan fingerprint density at radius 1 is 1.19 bits per heavy atom. The summed E-state index contributed by atoms with van der Waals surface area (Å²) in [5, 5.41) is 8.98. The molecule has 1 aromatic rings. The van der Waals surface area contributed by atoms with Crippen LogP contribution in [0.15, 0.2) is 47.1 Å². The van der Waals surface area contributed by atoms with Crippen LogP contribution in [-0.4, -0.2) is 25.2 Å². The number of hydrogen-bond acceptors (Lipinski definition) is 7. The molecule has 7 heteroatoms. The van der Waals surface area contributed by atoms with Crippen LogP contribution in [0.3, 0.4) is 0 Å². The summed E-state index contributed by atoms with van der Waals surface area (Å²) < 4.78 is 15.5. The fourth-order valence-corrected chi connectivity index (χ4v) is 2.72. The highest BCUT2D eigenvalue weighted by Crippen LogP contribution is 2.40. The van der Waals surface area contributed by atoms with Gasteiger partial charge in [-0.15, -0.1) is 0 Å². The van der Waals surface area contributed by atoms with Gasteiger partial charge >= 0.3 is 11.9 Å². The first kappa shape index (κ1) is 19.1. The van der Waals surface area contributed by atoms with Gasteiger partial charge in [0.25, 0.3) is 0 Å². The fraction of sp³-hybridized carbons (Fsp3) is 0.316. The average molecular weight is 356 g/mol. The highest BCUT2D eigenvalue weighted by atomic mass is 16.5. The number of esters is 2. The second kappa shape index (κ2) is 7.74. The Labute approximate surface area is 151 Å². The lowest BCUT2D eigenvalue weighted by molar-refractivity contribution is -0.143. The Morgan fingerprint density at radius 2 is 1.81 bits per heavy atom. The van der Waals surface area contributed by atoms with Crippen molar-refractivity contribution in [1.29, 1.82) is 5.26 Å². The molecule has 2 N–H and O–H groups in total. The number of nitriles is 1. The molecule has 7 nitrogen and oxygen atoms in total. The van der Waals surface area contributed by atoms with Crippen molar-refractivity contribution in [1.82, 2.24) is 0 Å². The molecule has 26 heavy (non-hydrogen) atoms. The Bertz CT molecular complexity index is 828. The van der Waals surface area contributed by atoms with Gasteiger partial charge in [-0.2, -0.15) is 5.26 Å². The molecule has 0 aromatic heterocycles. The third kappa shape index (κ3) is 3.70. The first-order chi connectivity index (χ1) is 12.3. The zero-order chi connectivity index (χ0) is 19.4. The number of nitrogens with two attached hydrogens (primary N) is 1. The lowest BCUT2D eigenvalue weighted by Crippen LogP contribution is -2.30. The Morgan fingerprint density at radius 3 is 2.31 bits per heavy atom. The predicted octanol–water partition coefficient (Wildman–Crippen LogP) is 2.24. The van der Waals surface area contributed by atoms with Gasteiger partial charge in [0.1, 0.15) is 11.3 Å². The van der Waals surface area contributed by atoms with E-state index >= 15 is 0 Å². The van der Waals surface area contributed by atoms with Crippen LogP contribution in [0.4, 0.5) is 0 Å². The van der Waals surface area contributed by atoms with Gasteiger partial charge in [0.2, 0.25) is 5.88 Å². The van der Waals surface area contributed by atoms with Gasteiger partial charge < -0.3 is 19.9 Å². The van der Waals surface area contributed by atoms with Crippen molar-refractivity contribution >= 4 is 11.9 Å². The second-order valence-electron chi connectivity index (χ2n) is 5.96. The molecule has 0 fully saturated rings. The monoisotopic (exact) mass is 356 g/mol. The molecule has 1 atom stereocenters. The zero-order valence-electron chi connectivity index (χ0n) is 15.0. The fourth-order valence-electron chi connectivity index (χ4n) is 2.72. The summed E-state index contributed by atoms with van der Waals surface area (Å²) in [6.07, 6.45) is -0.353. The molecule has 0 spiro atoms. The lowest BCUT2D eigenvalue weighted by Gasteiger charge is -2.29. The molecule has 0 amide bonds. The van der Waals surface area contributed by atoms with Crippen LogP contribution < -0.4 is 5.73 Å². The van der Waals surface area contributed by atoms with Gasteiger partial charge in [0.05, 0.1) is 36.3 Å². The number of carbonyl (C=O) groups excluding carboxylic acids is 2. The van der Waals surface area contributed by atoms with E-state index in [1.807, 2.05) is 6.07 Å². The highest BCUT2D eigenvalue weighted by Gasteiger charge is 2.40. The van der Waals surface area contributed by atoms with Gasteiger partial charge in [-0.3, -0.25) is 0 Å². The van der Waals surface area contributed by atoms with Gasteiger partial charge in [0.15, 0.2) is 0 Å². The summed E-state index contributed by atoms with van der Waals surface area (Å²) in [7, 11) is 1.22. The maximum Gasteiger partial charge on any atom is 0.340 e. The summed E-state index contributed by atoms with van der Waals surface area (Å²) in [5.74, 6) is -2.03. The minimum atomic E-state index is -0.824. The molecule has 1 heterocycles. The molecule has 2 rings (SSSR count). The Kier molecular flexibility index (Phi) is 5.68. The molecule has 0 bridgehead atoms. The van der Waals surface area contributed by atoms with Crippen molar-refractivity contribution in [2.24, 2.45) is 5.73 Å². The maximum absolute atomic E-state index is 12.7. The number of hydrogen-bond donors (Lipinski definition) is 1. The van der Waals surface area contributed by atoms with E-state index in [1.165, 1.54) is 7.11 Å². The molecule has 1 aliphatic heterocycles. The second-order valence-corrected chi connectivity index (χ2v) is 5.96. The minimum Gasteiger partial charge on any atom is -0.465 e. The van der Waals surface area contributed by atoms with Crippen LogP contribution in [0.1, 0.15) is 37.8 Å². The highest BCUT2D eigenvalue weighted by molar-refractivity contribution is 5.99. The standard InChI is InChI=1S/C19H20N2O5/c1-10(2)25-19(23)14-11(3)26-17(21)16(18(22)24-4)15(14)13-7-5-12(9-20)6-8-13/h5-8,10,15H,21H2,1-4H3/t15-/m1/s1. The van der Waals surface area contributed by atoms with E-state index in [9.17, 15) is 9.59 Å². The number of ether oxygens (including phenoxy) is 3. The molecule has 0 unspecified atom stereocenters. The number of carbonyl (C=O) groups is 2. The van der Waals surface area contributed by atoms with Crippen molar-refractivity contribution < 1.29 is 23.8 Å². The molecular weight excluding hydrogens is 336 g/mol. The molecule has 0 radical (unpaired) electrons. The van der Waals surface area contributed by atoms with E-state index in [4.69, 9.17) is 25.2 Å². The van der Waals surface area contributed by atoms with Crippen molar-refractivity contribution in [3.05, 3.63) is 58.2 Å². The first-order valence-electron chi connectivity index (χ1n) is 7.97. The SMILES string of the molecule is COC(=O)C1=C(N)OC(C)=C(C(=O)OC(C)C)[C@H]1c1ccc(C#N)cc1. The molecule has 0 saturated heterocycles. The third-order valence-corrected chi connectivity index (χ3v) is 3.83. The third-order valence-electron chi connectivity index (χ3n) is 3.83. The minimum absolute atomic E-state index is 0.0125. The molecular formula is C19H20N2O5. The van der Waals surface area contributed by atoms with E-state index in [-0.39, 0.29) is 28.9 Å². The van der Waals surface area contributed by atoms with Crippen molar-refractivity contribution in [2.75, 3.05) is 7.11 Å². The van der Waals surface area contributed by atoms with Crippen LogP contribution in [0.5, 0.6) is 0 Å². The smallest absolute Gasteiger partial charge is 0.340 e. The van der Waals surface area contributed by atoms with Crippen molar-refractivity contribution in [3.8, 4) is 6.07 Å². The van der Waals surface area contributed by atoms with Crippen LogP contribution >= 0.6 is 0 Å². The largest absolute Gasteiger partial charge is 0.465 e. The summed E-state index contributed by atoms with van der Waals surface area (Å²) >= 11 is 0. The lowest BCUT2D eigenvalue weighted by atomic mass is 9.82. The quantitative estimate of drug-likeness (QED) is 0.823. The Balaban J connectivity index is 2.63. The summed E-state index contributed by atoms with van der Waals surface area (Å²) in [6, 6.07) is 8.52. The van der Waals surface area contributed by atoms with Crippen LogP contribution in [0.25, 0.3) is 0 Å². The van der Waals surface area contributed by atoms with E-state index in [1.54, 1.807) is 45.0 Å². The Hall–Kier alpha value is -3.27. The molecule has 1 aromatic carbocycles. The van der Waals surface area contributed by atoms with Crippen LogP contribution in [-0.2, 0) is 23.8 Å². The van der Waals surface area contributed by atoms with E-state index in [0.717, 1.165) is 0 Å². The summed E-state index contributed by atoms with van der Waals surface area (Å²) in [4.78, 5) is 25.0. The molecule has 136 valence electrons. The average Bonchev–Trinajstić information content (AvgIpc) is 2.59. The number of rotatable bonds is 4. The summed E-state index contributed by atoms with van der Waals surface area (Å²) in [5.41, 5.74) is 7.13. The number of methoxy groups -OCH3 is 1. The zero-order valence-corrected chi connectivity index (χ0v) is 15.0. The van der Waals surface area contributed by atoms with E-state index in [2.05, 4.69) is 0 Å². The van der Waals surface area contributed by atoms with Crippen LogP contribution in [0.2, 0.25) is 0 Å². The number of allylic oxidation sites excluding steroid dienone is 1. The molecule has 0 saturated carbocycles. The van der Waals surface area contributed by atoms with Crippen molar-refractivity contribution in [2.45, 2.75) is 32.8 Å². The van der Waals surface area contributed by atoms with Gasteiger partial charge in [-0.1, -0.05) is 12.1 Å². The predicted molar refractivity (Wildman–Crippen MR) is 92.1 cm³/mol. The van der Waals surface area contributed by atoms with Gasteiger partial charge in [-0.25, -0.2) is 9.59 Å². The topological polar surface area (TPSA) is 112 Å². The van der Waals surface area contributed by atoms with Gasteiger partial charge in [0, 0.05) is 0 Å². The van der Waals surface area contributed by atoms with Crippen LogP contribution in [0, 0.1) is 11.3 Å². The van der Waals surface area contributed by atoms with E-state index in [0.29, 0.717) is 11.1 Å². The van der Waals surface area contributed by atoms with Crippen molar-refractivity contribution in [3.63, 3.8) is 0 Å². The normalized spacial score (nSPS) is 16.8. The van der Waals surface area contributed by atoms with E-state index < -0.39 is 17.9 Å². The number of nitrogens with zero attached hydrogens (tertiary/aromatic N) is 1. The van der Waals surface area contributed by atoms with Gasteiger partial charge in [-0.05, 0) is 38.5 Å². The molecule has 1 aliphatic rings. The number of benzene rings is 1.